The Morgan fingerprint density at radius 3 is 2.13 bits per heavy atom. The zero-order chi connectivity index (χ0) is 22.3. The molecule has 0 aromatic heterocycles. The van der Waals surface area contributed by atoms with Crippen molar-refractivity contribution in [2.75, 3.05) is 5.75 Å². The number of hydrogen-bond acceptors (Lipinski definition) is 5. The highest BCUT2D eigenvalue weighted by Crippen LogP contribution is 2.23. The molecule has 30 heavy (non-hydrogen) atoms. The number of aryl methyl sites for hydroxylation is 2. The number of carboxylic acids is 1. The van der Waals surface area contributed by atoms with E-state index in [9.17, 15) is 24.6 Å². The molecule has 0 aliphatic heterocycles. The fourth-order valence-corrected chi connectivity index (χ4v) is 3.31. The zero-order valence-electron chi connectivity index (χ0n) is 16.9. The average molecular weight is 431 g/mol. The van der Waals surface area contributed by atoms with Gasteiger partial charge in [-0.2, -0.15) is 12.6 Å². The van der Waals surface area contributed by atoms with Crippen LogP contribution in [0.25, 0.3) is 0 Å². The van der Waals surface area contributed by atoms with Crippen molar-refractivity contribution in [3.05, 3.63) is 64.7 Å². The maximum Gasteiger partial charge on any atom is 0.326 e. The lowest BCUT2D eigenvalue weighted by Crippen LogP contribution is -2.52. The maximum atomic E-state index is 12.7. The lowest BCUT2D eigenvalue weighted by atomic mass is 10.0. The molecule has 0 heterocycles. The molecule has 2 amide bonds. The Labute approximate surface area is 180 Å². The number of hydrogen-bond donors (Lipinski definition) is 5. The Bertz CT molecular complexity index is 894. The molecule has 7 nitrogen and oxygen atoms in total. The van der Waals surface area contributed by atoms with Crippen LogP contribution < -0.4 is 10.6 Å². The quantitative estimate of drug-likeness (QED) is 0.391. The van der Waals surface area contributed by atoms with Crippen LogP contribution in [-0.4, -0.2) is 45.8 Å². The number of amides is 2. The molecule has 0 aliphatic rings. The normalized spacial score (nSPS) is 12.6. The van der Waals surface area contributed by atoms with Crippen LogP contribution in [0.1, 0.15) is 33.5 Å². The van der Waals surface area contributed by atoms with Crippen molar-refractivity contribution >= 4 is 30.4 Å². The van der Waals surface area contributed by atoms with E-state index < -0.39 is 29.9 Å². The molecule has 0 fully saturated rings. The van der Waals surface area contributed by atoms with Crippen LogP contribution in [0.2, 0.25) is 0 Å². The molecule has 2 aromatic carbocycles. The van der Waals surface area contributed by atoms with Crippen LogP contribution in [0.3, 0.4) is 0 Å². The molecule has 0 spiro atoms. The van der Waals surface area contributed by atoms with E-state index in [1.165, 1.54) is 12.1 Å². The SMILES string of the molecule is Cc1cc(C(=O)NC(CCS)C(=O)N[C@H](Cc2ccccc2)C(=O)O)cc(C)c1O. The van der Waals surface area contributed by atoms with Gasteiger partial charge in [0.2, 0.25) is 5.91 Å². The topological polar surface area (TPSA) is 116 Å². The van der Waals surface area contributed by atoms with Gasteiger partial charge in [0.1, 0.15) is 17.8 Å². The van der Waals surface area contributed by atoms with Gasteiger partial charge in [0.05, 0.1) is 0 Å². The highest BCUT2D eigenvalue weighted by molar-refractivity contribution is 7.80. The van der Waals surface area contributed by atoms with Gasteiger partial charge in [-0.3, -0.25) is 9.59 Å². The van der Waals surface area contributed by atoms with Crippen molar-refractivity contribution < 1.29 is 24.6 Å². The molecule has 4 N–H and O–H groups in total. The zero-order valence-corrected chi connectivity index (χ0v) is 17.8. The third kappa shape index (κ3) is 6.25. The van der Waals surface area contributed by atoms with Gasteiger partial charge in [-0.1, -0.05) is 30.3 Å². The van der Waals surface area contributed by atoms with Crippen molar-refractivity contribution in [3.63, 3.8) is 0 Å². The molecule has 0 bridgehead atoms. The van der Waals surface area contributed by atoms with Gasteiger partial charge in [0.15, 0.2) is 0 Å². The standard InChI is InChI=1S/C22H26N2O5S/c1-13-10-16(11-14(2)19(13)25)20(26)23-17(8-9-30)21(27)24-18(22(28)29)12-15-6-4-3-5-7-15/h3-7,10-11,17-18,25,30H,8-9,12H2,1-2H3,(H,23,26)(H,24,27)(H,28,29)/t17?,18-/m1/s1. The average Bonchev–Trinajstić information content (AvgIpc) is 2.71. The van der Waals surface area contributed by atoms with E-state index >= 15 is 0 Å². The predicted octanol–water partition coefficient (Wildman–Crippen LogP) is 2.24. The van der Waals surface area contributed by atoms with Gasteiger partial charge in [0.25, 0.3) is 5.91 Å². The summed E-state index contributed by atoms with van der Waals surface area (Å²) in [7, 11) is 0. The molecule has 2 rings (SSSR count). The number of phenolic OH excluding ortho intramolecular Hbond substituents is 1. The number of rotatable bonds is 9. The molecule has 1 unspecified atom stereocenters. The molecule has 0 radical (unpaired) electrons. The summed E-state index contributed by atoms with van der Waals surface area (Å²) < 4.78 is 0. The van der Waals surface area contributed by atoms with Crippen LogP contribution >= 0.6 is 12.6 Å². The van der Waals surface area contributed by atoms with Gasteiger partial charge < -0.3 is 20.8 Å². The summed E-state index contributed by atoms with van der Waals surface area (Å²) in [5, 5.41) is 24.5. The third-order valence-electron chi connectivity index (χ3n) is 4.69. The van der Waals surface area contributed by atoms with Crippen molar-refractivity contribution in [1.29, 1.82) is 0 Å². The number of carboxylic acid groups (broad SMARTS) is 1. The Morgan fingerprint density at radius 2 is 1.60 bits per heavy atom. The molecule has 0 aliphatic carbocycles. The fraction of sp³-hybridized carbons (Fsp3) is 0.318. The minimum atomic E-state index is -1.16. The first-order chi connectivity index (χ1) is 14.2. The number of thiol groups is 1. The summed E-state index contributed by atoms with van der Waals surface area (Å²) in [4.78, 5) is 37.0. The summed E-state index contributed by atoms with van der Waals surface area (Å²) in [5.41, 5.74) is 2.17. The number of carbonyl (C=O) groups is 3. The predicted molar refractivity (Wildman–Crippen MR) is 117 cm³/mol. The first-order valence-electron chi connectivity index (χ1n) is 9.52. The van der Waals surface area contributed by atoms with E-state index in [4.69, 9.17) is 0 Å². The van der Waals surface area contributed by atoms with Crippen molar-refractivity contribution in [1.82, 2.24) is 10.6 Å². The van der Waals surface area contributed by atoms with Gasteiger partial charge >= 0.3 is 5.97 Å². The van der Waals surface area contributed by atoms with Gasteiger partial charge in [0, 0.05) is 12.0 Å². The van der Waals surface area contributed by atoms with E-state index in [0.29, 0.717) is 22.4 Å². The van der Waals surface area contributed by atoms with Crippen molar-refractivity contribution in [2.24, 2.45) is 0 Å². The summed E-state index contributed by atoms with van der Waals surface area (Å²) >= 11 is 4.14. The second-order valence-corrected chi connectivity index (χ2v) is 7.53. The first-order valence-corrected chi connectivity index (χ1v) is 10.1. The van der Waals surface area contributed by atoms with Crippen LogP contribution in [-0.2, 0) is 16.0 Å². The summed E-state index contributed by atoms with van der Waals surface area (Å²) in [6.45, 7) is 3.36. The number of nitrogens with one attached hydrogen (secondary N) is 2. The van der Waals surface area contributed by atoms with Gasteiger partial charge in [-0.05, 0) is 54.8 Å². The minimum Gasteiger partial charge on any atom is -0.507 e. The van der Waals surface area contributed by atoms with Gasteiger partial charge in [-0.25, -0.2) is 4.79 Å². The lowest BCUT2D eigenvalue weighted by Gasteiger charge is -2.21. The number of aliphatic carboxylic acids is 1. The van der Waals surface area contributed by atoms with E-state index in [1.54, 1.807) is 38.1 Å². The largest absolute Gasteiger partial charge is 0.507 e. The number of carbonyl (C=O) groups excluding carboxylic acids is 2. The summed E-state index contributed by atoms with van der Waals surface area (Å²) in [6, 6.07) is 9.96. The number of phenols is 1. The molecular weight excluding hydrogens is 404 g/mol. The van der Waals surface area contributed by atoms with E-state index in [1.807, 2.05) is 6.07 Å². The Kier molecular flexibility index (Phi) is 8.29. The molecule has 160 valence electrons. The first kappa shape index (κ1) is 23.3. The Balaban J connectivity index is 2.12. The van der Waals surface area contributed by atoms with Crippen LogP contribution in [0.5, 0.6) is 5.75 Å². The maximum absolute atomic E-state index is 12.7. The summed E-state index contributed by atoms with van der Waals surface area (Å²) in [5.74, 6) is -1.80. The molecule has 0 saturated heterocycles. The second kappa shape index (κ2) is 10.7. The van der Waals surface area contributed by atoms with E-state index in [0.717, 1.165) is 5.56 Å². The number of benzene rings is 2. The van der Waals surface area contributed by atoms with Crippen molar-refractivity contribution in [3.8, 4) is 5.75 Å². The number of aromatic hydroxyl groups is 1. The monoisotopic (exact) mass is 430 g/mol. The smallest absolute Gasteiger partial charge is 0.326 e. The second-order valence-electron chi connectivity index (χ2n) is 7.09. The lowest BCUT2D eigenvalue weighted by molar-refractivity contribution is -0.142. The van der Waals surface area contributed by atoms with E-state index in [2.05, 4.69) is 23.3 Å². The molecule has 2 atom stereocenters. The van der Waals surface area contributed by atoms with Crippen LogP contribution in [0.4, 0.5) is 0 Å². The third-order valence-corrected chi connectivity index (χ3v) is 4.95. The minimum absolute atomic E-state index is 0.112. The molecule has 0 saturated carbocycles. The summed E-state index contributed by atoms with van der Waals surface area (Å²) in [6.07, 6.45) is 0.355. The highest BCUT2D eigenvalue weighted by atomic mass is 32.1. The Morgan fingerprint density at radius 1 is 1.00 bits per heavy atom. The fourth-order valence-electron chi connectivity index (χ4n) is 3.05. The molecular formula is C22H26N2O5S. The van der Waals surface area contributed by atoms with Gasteiger partial charge in [-0.15, -0.1) is 0 Å². The van der Waals surface area contributed by atoms with Crippen molar-refractivity contribution in [2.45, 2.75) is 38.8 Å². The molecule has 8 heteroatoms. The van der Waals surface area contributed by atoms with E-state index in [-0.39, 0.29) is 18.6 Å². The molecule has 2 aromatic rings. The van der Waals surface area contributed by atoms with Crippen LogP contribution in [0, 0.1) is 13.8 Å². The highest BCUT2D eigenvalue weighted by Gasteiger charge is 2.27. The van der Waals surface area contributed by atoms with Crippen LogP contribution in [0.15, 0.2) is 42.5 Å². The Hall–Kier alpha value is -3.00.